The molecule has 3 rings (SSSR count). The number of aromatic amines is 1. The third kappa shape index (κ3) is 3.91. The van der Waals surface area contributed by atoms with E-state index in [-0.39, 0.29) is 17.8 Å². The van der Waals surface area contributed by atoms with E-state index < -0.39 is 11.8 Å². The maximum atomic E-state index is 13.8. The average molecular weight is 353 g/mol. The fourth-order valence-electron chi connectivity index (χ4n) is 2.89. The number of hydrogen-bond donors (Lipinski definition) is 2. The van der Waals surface area contributed by atoms with Gasteiger partial charge in [-0.3, -0.25) is 4.79 Å². The molecule has 3 aromatic rings. The molecule has 134 valence electrons. The summed E-state index contributed by atoms with van der Waals surface area (Å²) in [4.78, 5) is 28.9. The molecular formula is C20H20FN3O2. The molecule has 0 fully saturated rings. The van der Waals surface area contributed by atoms with E-state index in [1.54, 1.807) is 17.0 Å². The minimum Gasteiger partial charge on any atom is -0.322 e. The number of pyridine rings is 1. The van der Waals surface area contributed by atoms with Gasteiger partial charge in [0.25, 0.3) is 0 Å². The van der Waals surface area contributed by atoms with Gasteiger partial charge in [0.15, 0.2) is 0 Å². The summed E-state index contributed by atoms with van der Waals surface area (Å²) in [6, 6.07) is 14.6. The molecular weight excluding hydrogens is 333 g/mol. The second-order valence-corrected chi connectivity index (χ2v) is 6.04. The zero-order chi connectivity index (χ0) is 18.5. The quantitative estimate of drug-likeness (QED) is 0.725. The Morgan fingerprint density at radius 1 is 1.15 bits per heavy atom. The highest BCUT2D eigenvalue weighted by Gasteiger charge is 2.16. The average Bonchev–Trinajstić information content (AvgIpc) is 2.63. The van der Waals surface area contributed by atoms with E-state index in [0.29, 0.717) is 6.54 Å². The number of anilines is 1. The van der Waals surface area contributed by atoms with Crippen LogP contribution in [-0.4, -0.2) is 22.5 Å². The molecule has 6 heteroatoms. The number of fused-ring (bicyclic) bond motifs is 1. The van der Waals surface area contributed by atoms with Crippen molar-refractivity contribution in [1.82, 2.24) is 9.88 Å². The molecule has 5 nitrogen and oxygen atoms in total. The summed E-state index contributed by atoms with van der Waals surface area (Å²) >= 11 is 0. The predicted octanol–water partition coefficient (Wildman–Crippen LogP) is 4.11. The summed E-state index contributed by atoms with van der Waals surface area (Å²) in [5, 5.41) is 3.49. The van der Waals surface area contributed by atoms with Gasteiger partial charge >= 0.3 is 6.03 Å². The van der Waals surface area contributed by atoms with Crippen LogP contribution in [0.15, 0.2) is 59.4 Å². The van der Waals surface area contributed by atoms with Gasteiger partial charge in [-0.05, 0) is 30.2 Å². The fourth-order valence-corrected chi connectivity index (χ4v) is 2.89. The minimum absolute atomic E-state index is 0.134. The van der Waals surface area contributed by atoms with Crippen LogP contribution in [0.5, 0.6) is 0 Å². The summed E-state index contributed by atoms with van der Waals surface area (Å²) in [7, 11) is 0. The van der Waals surface area contributed by atoms with Gasteiger partial charge in [0.05, 0.1) is 5.69 Å². The van der Waals surface area contributed by atoms with Crippen LogP contribution in [0.2, 0.25) is 0 Å². The maximum Gasteiger partial charge on any atom is 0.322 e. The first-order chi connectivity index (χ1) is 12.6. The monoisotopic (exact) mass is 353 g/mol. The number of hydrogen-bond acceptors (Lipinski definition) is 2. The number of nitrogens with one attached hydrogen (secondary N) is 2. The summed E-state index contributed by atoms with van der Waals surface area (Å²) < 4.78 is 13.8. The Morgan fingerprint density at radius 2 is 1.88 bits per heavy atom. The Morgan fingerprint density at radius 3 is 2.65 bits per heavy atom. The molecule has 2 aromatic carbocycles. The number of amides is 2. The second kappa shape index (κ2) is 7.82. The summed E-state index contributed by atoms with van der Waals surface area (Å²) in [6.45, 7) is 2.71. The summed E-state index contributed by atoms with van der Waals surface area (Å²) in [5.74, 6) is -0.487. The van der Waals surface area contributed by atoms with E-state index in [4.69, 9.17) is 0 Å². The van der Waals surface area contributed by atoms with Crippen LogP contribution in [0, 0.1) is 5.82 Å². The smallest absolute Gasteiger partial charge is 0.322 e. The topological polar surface area (TPSA) is 65.2 Å². The summed E-state index contributed by atoms with van der Waals surface area (Å²) in [6.07, 6.45) is 0.742. The normalized spacial score (nSPS) is 10.7. The van der Waals surface area contributed by atoms with Gasteiger partial charge in [-0.1, -0.05) is 37.3 Å². The summed E-state index contributed by atoms with van der Waals surface area (Å²) in [5.41, 5.74) is 1.39. The van der Waals surface area contributed by atoms with Crippen LogP contribution in [0.1, 0.15) is 18.9 Å². The highest BCUT2D eigenvalue weighted by Crippen LogP contribution is 2.18. The number of nitrogens with zero attached hydrogens (tertiary/aromatic N) is 1. The molecule has 0 atom stereocenters. The molecule has 0 aliphatic heterocycles. The molecule has 0 aliphatic carbocycles. The molecule has 0 radical (unpaired) electrons. The van der Waals surface area contributed by atoms with Gasteiger partial charge in [0, 0.05) is 30.1 Å². The third-order valence-corrected chi connectivity index (χ3v) is 4.09. The predicted molar refractivity (Wildman–Crippen MR) is 101 cm³/mol. The van der Waals surface area contributed by atoms with Crippen molar-refractivity contribution in [3.8, 4) is 0 Å². The molecule has 0 saturated heterocycles. The van der Waals surface area contributed by atoms with E-state index in [2.05, 4.69) is 10.3 Å². The Bertz CT molecular complexity index is 984. The molecule has 26 heavy (non-hydrogen) atoms. The maximum absolute atomic E-state index is 13.8. The first kappa shape index (κ1) is 17.7. The van der Waals surface area contributed by atoms with Crippen molar-refractivity contribution >= 4 is 22.6 Å². The molecule has 1 aromatic heterocycles. The van der Waals surface area contributed by atoms with Crippen molar-refractivity contribution in [3.63, 3.8) is 0 Å². The van der Waals surface area contributed by atoms with Gasteiger partial charge in [-0.2, -0.15) is 0 Å². The highest BCUT2D eigenvalue weighted by molar-refractivity contribution is 5.90. The number of carbonyl (C=O) groups is 1. The van der Waals surface area contributed by atoms with Gasteiger partial charge in [0.2, 0.25) is 5.56 Å². The number of benzene rings is 2. The molecule has 0 spiro atoms. The third-order valence-electron chi connectivity index (χ3n) is 4.09. The van der Waals surface area contributed by atoms with Crippen LogP contribution < -0.4 is 10.9 Å². The highest BCUT2D eigenvalue weighted by atomic mass is 19.1. The zero-order valence-electron chi connectivity index (χ0n) is 14.5. The van der Waals surface area contributed by atoms with Crippen LogP contribution in [-0.2, 0) is 6.54 Å². The molecule has 0 saturated carbocycles. The Kier molecular flexibility index (Phi) is 5.31. The van der Waals surface area contributed by atoms with Crippen LogP contribution >= 0.6 is 0 Å². The van der Waals surface area contributed by atoms with Crippen molar-refractivity contribution in [2.75, 3.05) is 11.9 Å². The molecule has 0 aliphatic rings. The zero-order valence-corrected chi connectivity index (χ0v) is 14.5. The van der Waals surface area contributed by atoms with Gasteiger partial charge < -0.3 is 15.2 Å². The number of rotatable bonds is 5. The van der Waals surface area contributed by atoms with Crippen LogP contribution in [0.4, 0.5) is 14.9 Å². The minimum atomic E-state index is -0.487. The SMILES string of the molecule is CCCN(Cc1cc(=O)[nH]c2ccccc12)C(=O)Nc1ccccc1F. The lowest BCUT2D eigenvalue weighted by atomic mass is 10.1. The second-order valence-electron chi connectivity index (χ2n) is 6.04. The Labute approximate surface area is 150 Å². The number of urea groups is 1. The number of para-hydroxylation sites is 2. The number of halogens is 1. The van der Waals surface area contributed by atoms with Crippen LogP contribution in [0.25, 0.3) is 10.9 Å². The van der Waals surface area contributed by atoms with Crippen molar-refractivity contribution < 1.29 is 9.18 Å². The Hall–Kier alpha value is -3.15. The lowest BCUT2D eigenvalue weighted by Gasteiger charge is -2.23. The lowest BCUT2D eigenvalue weighted by Crippen LogP contribution is -2.35. The number of aromatic nitrogens is 1. The van der Waals surface area contributed by atoms with Crippen LogP contribution in [0.3, 0.4) is 0 Å². The lowest BCUT2D eigenvalue weighted by molar-refractivity contribution is 0.209. The van der Waals surface area contributed by atoms with Crippen molar-refractivity contribution in [1.29, 1.82) is 0 Å². The largest absolute Gasteiger partial charge is 0.322 e. The fraction of sp³-hybridized carbons (Fsp3) is 0.200. The van der Waals surface area contributed by atoms with Crippen molar-refractivity contribution in [2.45, 2.75) is 19.9 Å². The molecule has 2 N–H and O–H groups in total. The first-order valence-corrected chi connectivity index (χ1v) is 8.50. The molecule has 1 heterocycles. The molecule has 0 unspecified atom stereocenters. The van der Waals surface area contributed by atoms with E-state index in [9.17, 15) is 14.0 Å². The molecule has 0 bridgehead atoms. The van der Waals surface area contributed by atoms with Gasteiger partial charge in [0.1, 0.15) is 5.82 Å². The number of H-pyrrole nitrogens is 1. The van der Waals surface area contributed by atoms with E-state index in [1.807, 2.05) is 31.2 Å². The first-order valence-electron chi connectivity index (χ1n) is 8.50. The van der Waals surface area contributed by atoms with Crippen molar-refractivity contribution in [3.05, 3.63) is 76.3 Å². The van der Waals surface area contributed by atoms with E-state index in [1.165, 1.54) is 18.2 Å². The van der Waals surface area contributed by atoms with Crippen molar-refractivity contribution in [2.24, 2.45) is 0 Å². The molecule has 2 amide bonds. The Balaban J connectivity index is 1.88. The van der Waals surface area contributed by atoms with Gasteiger partial charge in [-0.25, -0.2) is 9.18 Å². The number of carbonyl (C=O) groups excluding carboxylic acids is 1. The standard InChI is InChI=1S/C20H20FN3O2/c1-2-11-24(20(26)23-18-10-6-4-8-16(18)21)13-14-12-19(25)22-17-9-5-3-7-15(14)17/h3-10,12H,2,11,13H2,1H3,(H,22,25)(H,23,26). The van der Waals surface area contributed by atoms with Gasteiger partial charge in [-0.15, -0.1) is 0 Å². The van der Waals surface area contributed by atoms with E-state index >= 15 is 0 Å². The van der Waals surface area contributed by atoms with E-state index in [0.717, 1.165) is 22.9 Å².